The van der Waals surface area contributed by atoms with E-state index in [1.54, 1.807) is 0 Å². The number of halogens is 3. The number of amides is 1. The van der Waals surface area contributed by atoms with Gasteiger partial charge in [-0.3, -0.25) is 9.59 Å². The monoisotopic (exact) mass is 301 g/mol. The van der Waals surface area contributed by atoms with Crippen LogP contribution in [0, 0.1) is 5.92 Å². The van der Waals surface area contributed by atoms with Crippen molar-refractivity contribution in [2.45, 2.75) is 18.5 Å². The van der Waals surface area contributed by atoms with Crippen LogP contribution in [0.5, 0.6) is 0 Å². The molecule has 0 aliphatic heterocycles. The Morgan fingerprint density at radius 2 is 1.95 bits per heavy atom. The number of aliphatic carboxylic acids is 1. The van der Waals surface area contributed by atoms with E-state index in [-0.39, 0.29) is 5.56 Å². The van der Waals surface area contributed by atoms with Gasteiger partial charge in [0.2, 0.25) is 5.91 Å². The van der Waals surface area contributed by atoms with Gasteiger partial charge in [0.25, 0.3) is 0 Å². The van der Waals surface area contributed by atoms with Crippen LogP contribution in [0.1, 0.15) is 23.5 Å². The molecule has 21 heavy (non-hydrogen) atoms. The predicted molar refractivity (Wildman–Crippen MR) is 67.6 cm³/mol. The van der Waals surface area contributed by atoms with Crippen LogP contribution in [0.25, 0.3) is 0 Å². The Labute approximate surface area is 119 Å². The fourth-order valence-electron chi connectivity index (χ4n) is 2.45. The molecule has 0 aromatic heterocycles. The van der Waals surface area contributed by atoms with Crippen molar-refractivity contribution in [3.05, 3.63) is 35.4 Å². The molecule has 7 heteroatoms. The molecule has 1 saturated carbocycles. The van der Waals surface area contributed by atoms with E-state index < -0.39 is 42.0 Å². The number of hydrogen-bond acceptors (Lipinski definition) is 2. The van der Waals surface area contributed by atoms with Crippen molar-refractivity contribution in [1.82, 2.24) is 4.90 Å². The second-order valence-corrected chi connectivity index (χ2v) is 5.12. The molecule has 1 aliphatic carbocycles. The van der Waals surface area contributed by atoms with Crippen molar-refractivity contribution >= 4 is 11.9 Å². The number of alkyl halides is 3. The van der Waals surface area contributed by atoms with Gasteiger partial charge in [-0.1, -0.05) is 18.2 Å². The van der Waals surface area contributed by atoms with E-state index in [1.165, 1.54) is 25.2 Å². The van der Waals surface area contributed by atoms with Gasteiger partial charge in [0, 0.05) is 13.0 Å². The van der Waals surface area contributed by atoms with Crippen LogP contribution in [-0.2, 0) is 15.8 Å². The van der Waals surface area contributed by atoms with Crippen LogP contribution in [-0.4, -0.2) is 35.5 Å². The van der Waals surface area contributed by atoms with E-state index in [2.05, 4.69) is 0 Å². The Balaban J connectivity index is 2.14. The highest BCUT2D eigenvalue weighted by Gasteiger charge is 2.48. The first-order valence-corrected chi connectivity index (χ1v) is 6.34. The molecule has 1 aliphatic rings. The van der Waals surface area contributed by atoms with Gasteiger partial charge in [-0.2, -0.15) is 13.2 Å². The average Bonchev–Trinajstić information content (AvgIpc) is 3.16. The second-order valence-electron chi connectivity index (χ2n) is 5.12. The molecule has 2 rings (SSSR count). The number of rotatable bonds is 4. The first kappa shape index (κ1) is 15.3. The zero-order valence-electron chi connectivity index (χ0n) is 11.2. The van der Waals surface area contributed by atoms with Gasteiger partial charge in [-0.15, -0.1) is 0 Å². The lowest BCUT2D eigenvalue weighted by Gasteiger charge is -2.15. The zero-order valence-corrected chi connectivity index (χ0v) is 11.2. The minimum atomic E-state index is -4.46. The van der Waals surface area contributed by atoms with Crippen molar-refractivity contribution in [1.29, 1.82) is 0 Å². The molecular weight excluding hydrogens is 287 g/mol. The second kappa shape index (κ2) is 5.38. The van der Waals surface area contributed by atoms with E-state index in [0.717, 1.165) is 11.0 Å². The molecule has 2 atom stereocenters. The lowest BCUT2D eigenvalue weighted by Crippen LogP contribution is -2.33. The summed E-state index contributed by atoms with van der Waals surface area (Å²) in [7, 11) is 1.33. The smallest absolute Gasteiger partial charge is 0.416 e. The van der Waals surface area contributed by atoms with Gasteiger partial charge < -0.3 is 10.0 Å². The maximum atomic E-state index is 12.9. The number of carboxylic acid groups (broad SMARTS) is 1. The third-order valence-corrected chi connectivity index (χ3v) is 3.52. The van der Waals surface area contributed by atoms with Crippen LogP contribution >= 0.6 is 0 Å². The molecule has 0 radical (unpaired) electrons. The summed E-state index contributed by atoms with van der Waals surface area (Å²) in [4.78, 5) is 23.5. The molecule has 1 aromatic rings. The summed E-state index contributed by atoms with van der Waals surface area (Å²) in [5.74, 6) is -2.65. The quantitative estimate of drug-likeness (QED) is 0.928. The van der Waals surface area contributed by atoms with Crippen molar-refractivity contribution in [2.24, 2.45) is 5.92 Å². The van der Waals surface area contributed by atoms with Gasteiger partial charge in [0.15, 0.2) is 0 Å². The number of carbonyl (C=O) groups is 2. The van der Waals surface area contributed by atoms with Crippen LogP contribution in [0.4, 0.5) is 13.2 Å². The molecule has 0 heterocycles. The van der Waals surface area contributed by atoms with E-state index >= 15 is 0 Å². The summed E-state index contributed by atoms with van der Waals surface area (Å²) in [6.07, 6.45) is -4.14. The molecule has 0 bridgehead atoms. The largest absolute Gasteiger partial charge is 0.480 e. The van der Waals surface area contributed by atoms with Crippen molar-refractivity contribution in [2.75, 3.05) is 13.6 Å². The van der Waals surface area contributed by atoms with Gasteiger partial charge in [0.1, 0.15) is 6.54 Å². The molecule has 0 saturated heterocycles. The summed E-state index contributed by atoms with van der Waals surface area (Å²) in [6, 6.07) is 5.18. The van der Waals surface area contributed by atoms with Crippen LogP contribution in [0.15, 0.2) is 24.3 Å². The van der Waals surface area contributed by atoms with Crippen LogP contribution < -0.4 is 0 Å². The van der Waals surface area contributed by atoms with E-state index in [0.29, 0.717) is 6.42 Å². The van der Waals surface area contributed by atoms with Crippen molar-refractivity contribution < 1.29 is 27.9 Å². The van der Waals surface area contributed by atoms with Gasteiger partial charge in [-0.05, 0) is 24.0 Å². The summed E-state index contributed by atoms with van der Waals surface area (Å²) >= 11 is 0. The maximum absolute atomic E-state index is 12.9. The first-order valence-electron chi connectivity index (χ1n) is 6.34. The number of likely N-dealkylation sites (N-methyl/N-ethyl adjacent to an activating group) is 1. The Kier molecular flexibility index (Phi) is 3.93. The minimum absolute atomic E-state index is 0.104. The number of carbonyl (C=O) groups excluding carboxylic acids is 1. The SMILES string of the molecule is CN(CC(=O)O)C(=O)[C@@H]1C[C@@H]1c1ccccc1C(F)(F)F. The molecule has 1 fully saturated rings. The summed E-state index contributed by atoms with van der Waals surface area (Å²) in [6.45, 7) is -0.455. The highest BCUT2D eigenvalue weighted by Crippen LogP contribution is 2.51. The molecule has 0 unspecified atom stereocenters. The maximum Gasteiger partial charge on any atom is 0.416 e. The molecule has 1 N–H and O–H groups in total. The van der Waals surface area contributed by atoms with Gasteiger partial charge in [-0.25, -0.2) is 0 Å². The highest BCUT2D eigenvalue weighted by atomic mass is 19.4. The Bertz CT molecular complexity index is 571. The van der Waals surface area contributed by atoms with E-state index in [4.69, 9.17) is 5.11 Å². The van der Waals surface area contributed by atoms with Gasteiger partial charge in [0.05, 0.1) is 5.56 Å². The third-order valence-electron chi connectivity index (χ3n) is 3.52. The number of benzene rings is 1. The molecule has 1 amide bonds. The Hall–Kier alpha value is -2.05. The lowest BCUT2D eigenvalue weighted by molar-refractivity contribution is -0.144. The summed E-state index contributed by atoms with van der Waals surface area (Å²) < 4.78 is 38.8. The highest BCUT2D eigenvalue weighted by molar-refractivity contribution is 5.86. The van der Waals surface area contributed by atoms with E-state index in [9.17, 15) is 22.8 Å². The molecular formula is C14H14F3NO3. The third kappa shape index (κ3) is 3.34. The van der Waals surface area contributed by atoms with Crippen molar-refractivity contribution in [3.63, 3.8) is 0 Å². The molecule has 0 spiro atoms. The standard InChI is InChI=1S/C14H14F3NO3/c1-18(7-12(19)20)13(21)10-6-9(10)8-4-2-3-5-11(8)14(15,16)17/h2-5,9-10H,6-7H2,1H3,(H,19,20)/t9-,10-/m1/s1. The molecule has 114 valence electrons. The predicted octanol–water partition coefficient (Wildman–Crippen LogP) is 2.35. The number of carboxylic acids is 1. The summed E-state index contributed by atoms with van der Waals surface area (Å²) in [5, 5.41) is 8.63. The normalized spacial score (nSPS) is 21.0. The fourth-order valence-corrected chi connectivity index (χ4v) is 2.45. The van der Waals surface area contributed by atoms with Crippen LogP contribution in [0.2, 0.25) is 0 Å². The van der Waals surface area contributed by atoms with E-state index in [1.807, 2.05) is 0 Å². The zero-order chi connectivity index (χ0) is 15.8. The average molecular weight is 301 g/mol. The Morgan fingerprint density at radius 3 is 2.52 bits per heavy atom. The van der Waals surface area contributed by atoms with Crippen LogP contribution in [0.3, 0.4) is 0 Å². The number of hydrogen-bond donors (Lipinski definition) is 1. The summed E-state index contributed by atoms with van der Waals surface area (Å²) in [5.41, 5.74) is -0.627. The Morgan fingerprint density at radius 1 is 1.33 bits per heavy atom. The fraction of sp³-hybridized carbons (Fsp3) is 0.429. The van der Waals surface area contributed by atoms with Gasteiger partial charge >= 0.3 is 12.1 Å². The molecule has 4 nitrogen and oxygen atoms in total. The molecule has 1 aromatic carbocycles. The lowest BCUT2D eigenvalue weighted by atomic mass is 10.0. The topological polar surface area (TPSA) is 57.6 Å². The minimum Gasteiger partial charge on any atom is -0.480 e. The van der Waals surface area contributed by atoms with Crippen molar-refractivity contribution in [3.8, 4) is 0 Å². The first-order chi connectivity index (χ1) is 9.71. The number of nitrogens with zero attached hydrogens (tertiary/aromatic N) is 1.